The van der Waals surface area contributed by atoms with Crippen LogP contribution in [0.15, 0.2) is 12.4 Å². The normalized spacial score (nSPS) is 19.3. The van der Waals surface area contributed by atoms with Crippen LogP contribution in [-0.4, -0.2) is 34.5 Å². The van der Waals surface area contributed by atoms with Crippen molar-refractivity contribution in [3.8, 4) is 0 Å². The second-order valence-corrected chi connectivity index (χ2v) is 4.06. The van der Waals surface area contributed by atoms with Gasteiger partial charge in [-0.25, -0.2) is 9.97 Å². The van der Waals surface area contributed by atoms with E-state index >= 15 is 0 Å². The van der Waals surface area contributed by atoms with Crippen LogP contribution in [-0.2, 0) is 0 Å². The lowest BCUT2D eigenvalue weighted by Gasteiger charge is -2.25. The molecular weight excluding hydrogens is 188 g/mol. The van der Waals surface area contributed by atoms with Crippen molar-refractivity contribution in [1.29, 1.82) is 0 Å². The van der Waals surface area contributed by atoms with Gasteiger partial charge in [-0.3, -0.25) is 4.90 Å². The van der Waals surface area contributed by atoms with Crippen molar-refractivity contribution in [2.24, 2.45) is 5.73 Å². The lowest BCUT2D eigenvalue weighted by Crippen LogP contribution is -2.31. The van der Waals surface area contributed by atoms with Gasteiger partial charge in [-0.1, -0.05) is 0 Å². The maximum atomic E-state index is 5.83. The third-order valence-corrected chi connectivity index (χ3v) is 2.99. The Morgan fingerprint density at radius 1 is 1.33 bits per heavy atom. The fourth-order valence-electron chi connectivity index (χ4n) is 2.12. The highest BCUT2D eigenvalue weighted by Crippen LogP contribution is 2.22. The second kappa shape index (κ2) is 4.68. The minimum absolute atomic E-state index is 0.299. The third kappa shape index (κ3) is 2.33. The van der Waals surface area contributed by atoms with Crippen molar-refractivity contribution in [1.82, 2.24) is 14.9 Å². The van der Waals surface area contributed by atoms with E-state index < -0.39 is 0 Å². The van der Waals surface area contributed by atoms with Crippen molar-refractivity contribution in [2.45, 2.75) is 25.8 Å². The zero-order chi connectivity index (χ0) is 10.7. The first-order chi connectivity index (χ1) is 7.31. The molecule has 0 radical (unpaired) electrons. The van der Waals surface area contributed by atoms with E-state index in [4.69, 9.17) is 5.73 Å². The summed E-state index contributed by atoms with van der Waals surface area (Å²) in [5.74, 6) is 0.816. The summed E-state index contributed by atoms with van der Waals surface area (Å²) in [4.78, 5) is 10.9. The Morgan fingerprint density at radius 3 is 2.47 bits per heavy atom. The summed E-state index contributed by atoms with van der Waals surface area (Å²) < 4.78 is 0. The molecule has 1 aromatic rings. The number of hydrogen-bond acceptors (Lipinski definition) is 4. The summed E-state index contributed by atoms with van der Waals surface area (Å²) in [6, 6.07) is 0.299. The van der Waals surface area contributed by atoms with Crippen LogP contribution < -0.4 is 5.73 Å². The molecule has 0 spiro atoms. The molecule has 0 amide bonds. The second-order valence-electron chi connectivity index (χ2n) is 4.06. The minimum atomic E-state index is 0.299. The zero-order valence-corrected chi connectivity index (χ0v) is 9.19. The number of nitrogens with zero attached hydrogens (tertiary/aromatic N) is 3. The van der Waals surface area contributed by atoms with Crippen LogP contribution in [0.25, 0.3) is 0 Å². The van der Waals surface area contributed by atoms with Crippen molar-refractivity contribution in [3.63, 3.8) is 0 Å². The highest BCUT2D eigenvalue weighted by Gasteiger charge is 2.22. The largest absolute Gasteiger partial charge is 0.329 e. The number of aromatic nitrogens is 2. The molecule has 15 heavy (non-hydrogen) atoms. The number of aryl methyl sites for hydroxylation is 1. The Labute approximate surface area is 90.5 Å². The maximum Gasteiger partial charge on any atom is 0.125 e. The van der Waals surface area contributed by atoms with Gasteiger partial charge < -0.3 is 5.73 Å². The molecule has 1 atom stereocenters. The Kier molecular flexibility index (Phi) is 3.28. The lowest BCUT2D eigenvalue weighted by molar-refractivity contribution is 0.250. The van der Waals surface area contributed by atoms with E-state index in [1.807, 2.05) is 19.3 Å². The molecule has 1 aliphatic heterocycles. The molecule has 0 unspecified atom stereocenters. The summed E-state index contributed by atoms with van der Waals surface area (Å²) in [6.45, 7) is 4.84. The molecule has 0 saturated carbocycles. The van der Waals surface area contributed by atoms with Crippen LogP contribution in [0.4, 0.5) is 0 Å². The predicted molar refractivity (Wildman–Crippen MR) is 59.4 cm³/mol. The molecule has 1 fully saturated rings. The Morgan fingerprint density at radius 2 is 1.93 bits per heavy atom. The van der Waals surface area contributed by atoms with Crippen LogP contribution in [0.5, 0.6) is 0 Å². The first-order valence-electron chi connectivity index (χ1n) is 5.54. The van der Waals surface area contributed by atoms with Gasteiger partial charge in [0, 0.05) is 24.5 Å². The zero-order valence-electron chi connectivity index (χ0n) is 9.19. The van der Waals surface area contributed by atoms with E-state index in [2.05, 4.69) is 14.9 Å². The predicted octanol–water partition coefficient (Wildman–Crippen LogP) is 0.881. The standard InChI is InChI=1S/C11H18N4/c1-9-13-7-10(8-14-9)11(6-12)15-4-2-3-5-15/h7-8,11H,2-6,12H2,1H3/t11-/m0/s1. The molecule has 1 aromatic heterocycles. The number of nitrogens with two attached hydrogens (primary N) is 1. The molecule has 1 saturated heterocycles. The summed E-state index contributed by atoms with van der Waals surface area (Å²) in [7, 11) is 0. The molecule has 1 aliphatic rings. The van der Waals surface area contributed by atoms with Crippen LogP contribution in [0.3, 0.4) is 0 Å². The minimum Gasteiger partial charge on any atom is -0.329 e. The quantitative estimate of drug-likeness (QED) is 0.797. The average molecular weight is 206 g/mol. The SMILES string of the molecule is Cc1ncc([C@H](CN)N2CCCC2)cn1. The molecular formula is C11H18N4. The van der Waals surface area contributed by atoms with Crippen molar-refractivity contribution in [2.75, 3.05) is 19.6 Å². The summed E-state index contributed by atoms with van der Waals surface area (Å²) in [6.07, 6.45) is 6.36. The smallest absolute Gasteiger partial charge is 0.125 e. The van der Waals surface area contributed by atoms with Crippen molar-refractivity contribution in [3.05, 3.63) is 23.8 Å². The van der Waals surface area contributed by atoms with E-state index in [1.165, 1.54) is 12.8 Å². The number of hydrogen-bond donors (Lipinski definition) is 1. The van der Waals surface area contributed by atoms with Crippen molar-refractivity contribution < 1.29 is 0 Å². The van der Waals surface area contributed by atoms with Gasteiger partial charge in [0.2, 0.25) is 0 Å². The van der Waals surface area contributed by atoms with E-state index in [-0.39, 0.29) is 0 Å². The highest BCUT2D eigenvalue weighted by atomic mass is 15.2. The molecule has 0 aliphatic carbocycles. The van der Waals surface area contributed by atoms with Gasteiger partial charge in [0.25, 0.3) is 0 Å². The molecule has 2 heterocycles. The van der Waals surface area contributed by atoms with Gasteiger partial charge >= 0.3 is 0 Å². The Hall–Kier alpha value is -1.00. The van der Waals surface area contributed by atoms with Gasteiger partial charge in [0.1, 0.15) is 5.82 Å². The third-order valence-electron chi connectivity index (χ3n) is 2.99. The molecule has 82 valence electrons. The topological polar surface area (TPSA) is 55.0 Å². The molecule has 0 bridgehead atoms. The highest BCUT2D eigenvalue weighted by molar-refractivity contribution is 5.12. The molecule has 4 heteroatoms. The number of rotatable bonds is 3. The molecule has 4 nitrogen and oxygen atoms in total. The van der Waals surface area contributed by atoms with Crippen LogP contribution in [0, 0.1) is 6.92 Å². The van der Waals surface area contributed by atoms with Crippen LogP contribution in [0.2, 0.25) is 0 Å². The fraction of sp³-hybridized carbons (Fsp3) is 0.636. The van der Waals surface area contributed by atoms with Crippen LogP contribution >= 0.6 is 0 Å². The Balaban J connectivity index is 2.14. The summed E-state index contributed by atoms with van der Waals surface area (Å²) in [5, 5.41) is 0. The monoisotopic (exact) mass is 206 g/mol. The Bertz CT molecular complexity index is 303. The van der Waals surface area contributed by atoms with Gasteiger partial charge in [-0.05, 0) is 32.9 Å². The van der Waals surface area contributed by atoms with E-state index in [0.29, 0.717) is 12.6 Å². The van der Waals surface area contributed by atoms with Gasteiger partial charge in [0.05, 0.1) is 6.04 Å². The van der Waals surface area contributed by atoms with E-state index in [9.17, 15) is 0 Å². The van der Waals surface area contributed by atoms with Gasteiger partial charge in [-0.2, -0.15) is 0 Å². The van der Waals surface area contributed by atoms with Gasteiger partial charge in [-0.15, -0.1) is 0 Å². The fourth-order valence-corrected chi connectivity index (χ4v) is 2.12. The molecule has 2 N–H and O–H groups in total. The summed E-state index contributed by atoms with van der Waals surface area (Å²) in [5.41, 5.74) is 6.97. The summed E-state index contributed by atoms with van der Waals surface area (Å²) >= 11 is 0. The molecule has 2 rings (SSSR count). The average Bonchev–Trinajstić information content (AvgIpc) is 2.75. The lowest BCUT2D eigenvalue weighted by atomic mass is 10.1. The molecule has 0 aromatic carbocycles. The van der Waals surface area contributed by atoms with Crippen molar-refractivity contribution >= 4 is 0 Å². The van der Waals surface area contributed by atoms with Crippen LogP contribution in [0.1, 0.15) is 30.3 Å². The van der Waals surface area contributed by atoms with Gasteiger partial charge in [0.15, 0.2) is 0 Å². The number of likely N-dealkylation sites (tertiary alicyclic amines) is 1. The van der Waals surface area contributed by atoms with E-state index in [0.717, 1.165) is 24.5 Å². The van der Waals surface area contributed by atoms with E-state index in [1.54, 1.807) is 0 Å². The first kappa shape index (κ1) is 10.5. The first-order valence-corrected chi connectivity index (χ1v) is 5.54. The maximum absolute atomic E-state index is 5.83.